The fourth-order valence-corrected chi connectivity index (χ4v) is 3.66. The number of carbonyl (C=O) groups excluding carboxylic acids is 1. The van der Waals surface area contributed by atoms with Crippen molar-refractivity contribution in [3.05, 3.63) is 56.0 Å². The Bertz CT molecular complexity index is 917. The third kappa shape index (κ3) is 4.13. The Kier molecular flexibility index (Phi) is 7.05. The van der Waals surface area contributed by atoms with Crippen molar-refractivity contribution in [2.75, 3.05) is 11.1 Å². The van der Waals surface area contributed by atoms with Gasteiger partial charge < -0.3 is 15.6 Å². The molecule has 0 atom stereocenters. The van der Waals surface area contributed by atoms with E-state index in [0.29, 0.717) is 17.7 Å². The molecular weight excluding hydrogens is 350 g/mol. The molecule has 0 radical (unpaired) electrons. The van der Waals surface area contributed by atoms with Crippen molar-refractivity contribution in [3.63, 3.8) is 0 Å². The second kappa shape index (κ2) is 9.09. The van der Waals surface area contributed by atoms with Crippen molar-refractivity contribution in [3.8, 4) is 0 Å². The number of carbonyl (C=O) groups is 1. The average molecular weight is 384 g/mol. The Morgan fingerprint density at radius 3 is 2.18 bits per heavy atom. The Balaban J connectivity index is 2.61. The number of pyridine rings is 1. The number of aryl methyl sites for hydroxylation is 2. The van der Waals surface area contributed by atoms with Gasteiger partial charge in [0.1, 0.15) is 5.56 Å². The second-order valence-electron chi connectivity index (χ2n) is 7.40. The molecule has 0 spiro atoms. The quantitative estimate of drug-likeness (QED) is 0.700. The van der Waals surface area contributed by atoms with Crippen LogP contribution in [0.3, 0.4) is 0 Å². The van der Waals surface area contributed by atoms with E-state index in [1.807, 2.05) is 44.5 Å². The number of anilines is 2. The summed E-state index contributed by atoms with van der Waals surface area (Å²) < 4.78 is 1.99. The summed E-state index contributed by atoms with van der Waals surface area (Å²) in [6.45, 7) is 9.89. The molecule has 1 aromatic heterocycles. The van der Waals surface area contributed by atoms with Gasteiger partial charge in [-0.1, -0.05) is 27.2 Å². The molecule has 0 unspecified atom stereocenters. The van der Waals surface area contributed by atoms with E-state index in [1.54, 1.807) is 6.92 Å². The summed E-state index contributed by atoms with van der Waals surface area (Å²) in [5.41, 5.74) is 11.9. The van der Waals surface area contributed by atoms with Crippen LogP contribution >= 0.6 is 0 Å². The van der Waals surface area contributed by atoms with Crippen LogP contribution in [0.15, 0.2) is 16.9 Å². The zero-order valence-corrected chi connectivity index (χ0v) is 18.0. The van der Waals surface area contributed by atoms with Gasteiger partial charge in [-0.3, -0.25) is 9.59 Å². The molecular formula is C23H33N3O2. The molecule has 0 aliphatic rings. The highest BCUT2D eigenvalue weighted by Crippen LogP contribution is 2.27. The van der Waals surface area contributed by atoms with Crippen LogP contribution in [0, 0.1) is 13.8 Å². The fourth-order valence-electron chi connectivity index (χ4n) is 3.66. The third-order valence-electron chi connectivity index (χ3n) is 5.63. The molecule has 1 heterocycles. The minimum atomic E-state index is -0.330. The lowest BCUT2D eigenvalue weighted by Gasteiger charge is -2.20. The van der Waals surface area contributed by atoms with Gasteiger partial charge in [0.05, 0.1) is 0 Å². The van der Waals surface area contributed by atoms with Crippen molar-refractivity contribution in [2.45, 2.75) is 66.7 Å². The molecule has 28 heavy (non-hydrogen) atoms. The van der Waals surface area contributed by atoms with Crippen molar-refractivity contribution >= 4 is 17.3 Å². The van der Waals surface area contributed by atoms with Gasteiger partial charge in [0.2, 0.25) is 0 Å². The summed E-state index contributed by atoms with van der Waals surface area (Å²) in [5.74, 6) is -0.330. The second-order valence-corrected chi connectivity index (χ2v) is 7.40. The number of rotatable bonds is 7. The highest BCUT2D eigenvalue weighted by molar-refractivity contribution is 6.06. The van der Waals surface area contributed by atoms with Crippen LogP contribution in [0.4, 0.5) is 11.4 Å². The number of nitrogens with two attached hydrogens (primary N) is 1. The largest absolute Gasteiger partial charge is 0.399 e. The molecule has 1 aromatic carbocycles. The molecule has 0 fully saturated rings. The summed E-state index contributed by atoms with van der Waals surface area (Å²) in [6, 6.07) is 3.79. The zero-order chi connectivity index (χ0) is 21.0. The lowest BCUT2D eigenvalue weighted by Crippen LogP contribution is -2.30. The predicted molar refractivity (Wildman–Crippen MR) is 117 cm³/mol. The Labute approximate surface area is 168 Å². The number of amides is 1. The van der Waals surface area contributed by atoms with Crippen LogP contribution in [0.25, 0.3) is 0 Å². The first-order chi connectivity index (χ1) is 13.3. The number of aromatic nitrogens is 1. The van der Waals surface area contributed by atoms with E-state index in [4.69, 9.17) is 5.73 Å². The molecule has 152 valence electrons. The minimum Gasteiger partial charge on any atom is -0.399 e. The third-order valence-corrected chi connectivity index (χ3v) is 5.63. The van der Waals surface area contributed by atoms with E-state index in [0.717, 1.165) is 53.9 Å². The molecule has 0 bridgehead atoms. The number of hydrogen-bond donors (Lipinski definition) is 2. The monoisotopic (exact) mass is 383 g/mol. The Morgan fingerprint density at radius 2 is 1.68 bits per heavy atom. The minimum absolute atomic E-state index is 0.175. The van der Waals surface area contributed by atoms with Crippen LogP contribution in [0.1, 0.15) is 72.0 Å². The van der Waals surface area contributed by atoms with Gasteiger partial charge in [-0.05, 0) is 62.8 Å². The number of nitrogens with zero attached hydrogens (tertiary/aromatic N) is 1. The number of nitrogen functional groups attached to an aromatic ring is 1. The summed E-state index contributed by atoms with van der Waals surface area (Å²) in [4.78, 5) is 26.3. The summed E-state index contributed by atoms with van der Waals surface area (Å²) in [5, 5.41) is 3.05. The van der Waals surface area contributed by atoms with Gasteiger partial charge in [0, 0.05) is 35.4 Å². The van der Waals surface area contributed by atoms with Crippen molar-refractivity contribution in [2.24, 2.45) is 7.05 Å². The van der Waals surface area contributed by atoms with E-state index in [9.17, 15) is 9.59 Å². The SMILES string of the molecule is CCCCc1c(C(=O)Nc2c(CC)cc(N)cc2CC)c(=O)c(C)c(C)n1C. The van der Waals surface area contributed by atoms with Gasteiger partial charge in [-0.15, -0.1) is 0 Å². The molecule has 2 aromatic rings. The number of unbranched alkanes of at least 4 members (excludes halogenated alkanes) is 1. The first kappa shape index (κ1) is 21.7. The number of hydrogen-bond acceptors (Lipinski definition) is 3. The van der Waals surface area contributed by atoms with Crippen LogP contribution in [-0.4, -0.2) is 10.5 Å². The molecule has 5 heteroatoms. The molecule has 3 N–H and O–H groups in total. The number of benzene rings is 1. The van der Waals surface area contributed by atoms with Gasteiger partial charge in [0.15, 0.2) is 5.43 Å². The van der Waals surface area contributed by atoms with Gasteiger partial charge in [-0.25, -0.2) is 0 Å². The highest BCUT2D eigenvalue weighted by atomic mass is 16.2. The summed E-state index contributed by atoms with van der Waals surface area (Å²) >= 11 is 0. The first-order valence-electron chi connectivity index (χ1n) is 10.2. The molecule has 0 aliphatic carbocycles. The maximum atomic E-state index is 13.3. The normalized spacial score (nSPS) is 10.9. The zero-order valence-electron chi connectivity index (χ0n) is 18.0. The lowest BCUT2D eigenvalue weighted by molar-refractivity contribution is 0.102. The van der Waals surface area contributed by atoms with Crippen molar-refractivity contribution in [1.82, 2.24) is 4.57 Å². The Hall–Kier alpha value is -2.56. The van der Waals surface area contributed by atoms with Gasteiger partial charge in [-0.2, -0.15) is 0 Å². The van der Waals surface area contributed by atoms with E-state index >= 15 is 0 Å². The van der Waals surface area contributed by atoms with E-state index in [-0.39, 0.29) is 16.9 Å². The molecule has 0 aliphatic heterocycles. The molecule has 0 saturated carbocycles. The molecule has 0 saturated heterocycles. The lowest BCUT2D eigenvalue weighted by atomic mass is 9.99. The van der Waals surface area contributed by atoms with Crippen molar-refractivity contribution in [1.29, 1.82) is 0 Å². The molecule has 5 nitrogen and oxygen atoms in total. The highest BCUT2D eigenvalue weighted by Gasteiger charge is 2.22. The van der Waals surface area contributed by atoms with E-state index in [2.05, 4.69) is 12.2 Å². The number of nitrogens with one attached hydrogen (secondary N) is 1. The van der Waals surface area contributed by atoms with E-state index < -0.39 is 0 Å². The topological polar surface area (TPSA) is 77.1 Å². The van der Waals surface area contributed by atoms with Gasteiger partial charge in [0.25, 0.3) is 5.91 Å². The van der Waals surface area contributed by atoms with E-state index in [1.165, 1.54) is 0 Å². The molecule has 1 amide bonds. The fraction of sp³-hybridized carbons (Fsp3) is 0.478. The summed E-state index contributed by atoms with van der Waals surface area (Å²) in [7, 11) is 1.93. The molecule has 2 rings (SSSR count). The van der Waals surface area contributed by atoms with Crippen LogP contribution in [0.5, 0.6) is 0 Å². The standard InChI is InChI=1S/C23H33N3O2/c1-7-10-11-19-20(22(27)14(4)15(5)26(19)6)23(28)25-21-16(8-2)12-18(24)13-17(21)9-3/h12-13H,7-11,24H2,1-6H3,(H,25,28). The smallest absolute Gasteiger partial charge is 0.261 e. The van der Waals surface area contributed by atoms with Crippen LogP contribution < -0.4 is 16.5 Å². The summed E-state index contributed by atoms with van der Waals surface area (Å²) in [6.07, 6.45) is 4.14. The predicted octanol–water partition coefficient (Wildman–Crippen LogP) is 4.30. The van der Waals surface area contributed by atoms with Crippen molar-refractivity contribution < 1.29 is 4.79 Å². The Morgan fingerprint density at radius 1 is 1.11 bits per heavy atom. The van der Waals surface area contributed by atoms with Crippen LogP contribution in [0.2, 0.25) is 0 Å². The van der Waals surface area contributed by atoms with Gasteiger partial charge >= 0.3 is 0 Å². The maximum absolute atomic E-state index is 13.3. The van der Waals surface area contributed by atoms with Crippen LogP contribution in [-0.2, 0) is 26.3 Å². The average Bonchev–Trinajstić information content (AvgIpc) is 2.68. The first-order valence-corrected chi connectivity index (χ1v) is 10.2. The maximum Gasteiger partial charge on any atom is 0.261 e.